The van der Waals surface area contributed by atoms with E-state index < -0.39 is 0 Å². The molecule has 8 bridgehead atoms. The van der Waals surface area contributed by atoms with E-state index in [9.17, 15) is 0 Å². The summed E-state index contributed by atoms with van der Waals surface area (Å²) < 4.78 is 5.28. The molecule has 1 aromatic carbocycles. The summed E-state index contributed by atoms with van der Waals surface area (Å²) in [5.41, 5.74) is 1.31. The standard InChI is InChI=1S/C20H31P.C10H13NO/c1-13-2-15-3-14(1)8-19(7-13,9-15)21-20-10-16-4-17(11-20)6-18(5-16)12-20;1-2-4-10(5-3-1)11-6-8-12-9-7-11/h13-18,21H,1-12H2;1-5H,6-9H2. The number of anilines is 1. The van der Waals surface area contributed by atoms with Crippen LogP contribution in [-0.4, -0.2) is 36.6 Å². The summed E-state index contributed by atoms with van der Waals surface area (Å²) in [6, 6.07) is 10.5. The van der Waals surface area contributed by atoms with Gasteiger partial charge < -0.3 is 9.64 Å². The second-order valence-corrected chi connectivity index (χ2v) is 15.8. The van der Waals surface area contributed by atoms with Crippen molar-refractivity contribution in [3.05, 3.63) is 30.3 Å². The highest BCUT2D eigenvalue weighted by Gasteiger charge is 2.57. The van der Waals surface area contributed by atoms with Gasteiger partial charge in [-0.15, -0.1) is 8.58 Å². The summed E-state index contributed by atoms with van der Waals surface area (Å²) in [7, 11) is 1.38. The van der Waals surface area contributed by atoms with E-state index in [0.29, 0.717) is 0 Å². The zero-order valence-electron chi connectivity index (χ0n) is 20.5. The molecule has 9 aliphatic rings. The number of para-hydroxylation sites is 1. The summed E-state index contributed by atoms with van der Waals surface area (Å²) >= 11 is 0. The van der Waals surface area contributed by atoms with E-state index in [0.717, 1.165) is 72.1 Å². The maximum absolute atomic E-state index is 5.28. The van der Waals surface area contributed by atoms with Crippen molar-refractivity contribution in [3.8, 4) is 0 Å². The molecule has 0 radical (unpaired) electrons. The third kappa shape index (κ3) is 4.31. The Morgan fingerprint density at radius 2 is 1.00 bits per heavy atom. The van der Waals surface area contributed by atoms with Crippen LogP contribution in [0, 0.1) is 35.5 Å². The Labute approximate surface area is 203 Å². The number of hydrogen-bond acceptors (Lipinski definition) is 2. The minimum Gasteiger partial charge on any atom is -0.378 e. The molecule has 33 heavy (non-hydrogen) atoms. The van der Waals surface area contributed by atoms with Crippen molar-refractivity contribution in [3.63, 3.8) is 0 Å². The Morgan fingerprint density at radius 1 is 0.606 bits per heavy atom. The smallest absolute Gasteiger partial charge is 0.0642 e. The highest BCUT2D eigenvalue weighted by molar-refractivity contribution is 7.42. The molecule has 0 N–H and O–H groups in total. The number of benzene rings is 1. The molecule has 0 atom stereocenters. The summed E-state index contributed by atoms with van der Waals surface area (Å²) in [6.07, 6.45) is 19.8. The number of hydrogen-bond donors (Lipinski definition) is 0. The van der Waals surface area contributed by atoms with Crippen molar-refractivity contribution >= 4 is 14.3 Å². The van der Waals surface area contributed by atoms with Crippen LogP contribution in [0.2, 0.25) is 0 Å². The zero-order chi connectivity index (χ0) is 21.9. The van der Waals surface area contributed by atoms with Gasteiger partial charge in [0, 0.05) is 18.8 Å². The van der Waals surface area contributed by atoms with E-state index in [2.05, 4.69) is 29.2 Å². The van der Waals surface area contributed by atoms with Gasteiger partial charge in [-0.05, 0) is 135 Å². The fourth-order valence-electron chi connectivity index (χ4n) is 10.6. The second kappa shape index (κ2) is 8.51. The second-order valence-electron chi connectivity index (χ2n) is 13.5. The van der Waals surface area contributed by atoms with Gasteiger partial charge in [0.05, 0.1) is 13.2 Å². The molecule has 0 aromatic heterocycles. The zero-order valence-corrected chi connectivity index (χ0v) is 21.5. The van der Waals surface area contributed by atoms with Crippen molar-refractivity contribution in [1.29, 1.82) is 0 Å². The molecule has 8 saturated carbocycles. The molecule has 180 valence electrons. The molecule has 3 heteroatoms. The molecular weight excluding hydrogens is 421 g/mol. The largest absolute Gasteiger partial charge is 0.378 e. The van der Waals surface area contributed by atoms with E-state index in [-0.39, 0.29) is 0 Å². The van der Waals surface area contributed by atoms with Crippen molar-refractivity contribution in [1.82, 2.24) is 0 Å². The highest BCUT2D eigenvalue weighted by atomic mass is 31.1. The predicted molar refractivity (Wildman–Crippen MR) is 140 cm³/mol. The van der Waals surface area contributed by atoms with Gasteiger partial charge in [-0.2, -0.15) is 0 Å². The third-order valence-corrected chi connectivity index (χ3v) is 13.0. The van der Waals surface area contributed by atoms with Gasteiger partial charge in [0.15, 0.2) is 0 Å². The Morgan fingerprint density at radius 3 is 1.39 bits per heavy atom. The highest BCUT2D eigenvalue weighted by Crippen LogP contribution is 2.71. The normalized spacial score (nSPS) is 47.2. The SMILES string of the molecule is C1C2CC3CC1CC(PC14CC5CC(CC(C5)C1)C4)(C2)C3.c1ccc(N2CCOCC2)cc1. The summed E-state index contributed by atoms with van der Waals surface area (Å²) in [6.45, 7) is 3.75. The minimum absolute atomic E-state index is 0.856. The monoisotopic (exact) mass is 465 g/mol. The molecule has 10 rings (SSSR count). The number of nitrogens with zero attached hydrogens (tertiary/aromatic N) is 1. The van der Waals surface area contributed by atoms with Gasteiger partial charge in [0.25, 0.3) is 0 Å². The maximum Gasteiger partial charge on any atom is 0.0642 e. The molecule has 1 aliphatic heterocycles. The minimum atomic E-state index is 0.856. The average Bonchev–Trinajstić information content (AvgIpc) is 2.78. The lowest BCUT2D eigenvalue weighted by atomic mass is 9.55. The van der Waals surface area contributed by atoms with E-state index in [4.69, 9.17) is 4.74 Å². The molecule has 0 unspecified atom stereocenters. The van der Waals surface area contributed by atoms with Crippen LogP contribution in [0.4, 0.5) is 5.69 Å². The fourth-order valence-corrected chi connectivity index (χ4v) is 14.0. The summed E-state index contributed by atoms with van der Waals surface area (Å²) in [5, 5.41) is 1.75. The molecular formula is C30H44NOP. The number of rotatable bonds is 3. The van der Waals surface area contributed by atoms with E-state index in [1.807, 2.05) is 6.07 Å². The lowest BCUT2D eigenvalue weighted by Crippen LogP contribution is -2.53. The van der Waals surface area contributed by atoms with Crippen LogP contribution in [0.25, 0.3) is 0 Å². The first-order valence-corrected chi connectivity index (χ1v) is 15.3. The predicted octanol–water partition coefficient (Wildman–Crippen LogP) is 7.13. The van der Waals surface area contributed by atoms with Crippen LogP contribution in [0.1, 0.15) is 77.0 Å². The lowest BCUT2D eigenvalue weighted by Gasteiger charge is -2.63. The molecule has 9 fully saturated rings. The first kappa shape index (κ1) is 21.7. The van der Waals surface area contributed by atoms with Crippen LogP contribution >= 0.6 is 8.58 Å². The van der Waals surface area contributed by atoms with E-state index >= 15 is 0 Å². The molecule has 1 heterocycles. The van der Waals surface area contributed by atoms with Crippen molar-refractivity contribution < 1.29 is 4.74 Å². The quantitative estimate of drug-likeness (QED) is 0.441. The third-order valence-electron chi connectivity index (χ3n) is 10.7. The summed E-state index contributed by atoms with van der Waals surface area (Å²) in [4.78, 5) is 2.35. The number of ether oxygens (including phenoxy) is 1. The van der Waals surface area contributed by atoms with Gasteiger partial charge in [0.2, 0.25) is 0 Å². The van der Waals surface area contributed by atoms with Crippen LogP contribution in [0.3, 0.4) is 0 Å². The van der Waals surface area contributed by atoms with Gasteiger partial charge in [-0.1, -0.05) is 18.2 Å². The molecule has 1 aromatic rings. The Balaban J connectivity index is 0.000000136. The fraction of sp³-hybridized carbons (Fsp3) is 0.800. The topological polar surface area (TPSA) is 12.5 Å². The van der Waals surface area contributed by atoms with Gasteiger partial charge >= 0.3 is 0 Å². The van der Waals surface area contributed by atoms with Crippen LogP contribution in [0.5, 0.6) is 0 Å². The van der Waals surface area contributed by atoms with Crippen LogP contribution in [0.15, 0.2) is 30.3 Å². The molecule has 0 spiro atoms. The molecule has 1 saturated heterocycles. The van der Waals surface area contributed by atoms with Crippen LogP contribution in [-0.2, 0) is 4.74 Å². The maximum atomic E-state index is 5.28. The Bertz CT molecular complexity index is 718. The van der Waals surface area contributed by atoms with Gasteiger partial charge in [0.1, 0.15) is 0 Å². The molecule has 0 amide bonds. The first-order valence-electron chi connectivity index (χ1n) is 14.3. The van der Waals surface area contributed by atoms with Crippen molar-refractivity contribution in [2.45, 2.75) is 87.4 Å². The molecule has 2 nitrogen and oxygen atoms in total. The first-order chi connectivity index (χ1) is 16.1. The lowest BCUT2D eigenvalue weighted by molar-refractivity contribution is 0.0210. The average molecular weight is 466 g/mol. The Kier molecular flexibility index (Phi) is 5.59. The number of morpholine rings is 1. The molecule has 8 aliphatic carbocycles. The van der Waals surface area contributed by atoms with Crippen molar-refractivity contribution in [2.24, 2.45) is 35.5 Å². The van der Waals surface area contributed by atoms with Gasteiger partial charge in [-0.3, -0.25) is 0 Å². The van der Waals surface area contributed by atoms with Gasteiger partial charge in [-0.25, -0.2) is 0 Å². The van der Waals surface area contributed by atoms with E-state index in [1.54, 1.807) is 77.0 Å². The summed E-state index contributed by atoms with van der Waals surface area (Å²) in [5.74, 6) is 6.99. The van der Waals surface area contributed by atoms with E-state index in [1.165, 1.54) is 14.3 Å². The Hall–Kier alpha value is -0.590. The van der Waals surface area contributed by atoms with Crippen molar-refractivity contribution in [2.75, 3.05) is 31.2 Å². The van der Waals surface area contributed by atoms with Crippen LogP contribution < -0.4 is 4.90 Å².